The molecule has 16 heavy (non-hydrogen) atoms. The SMILES string of the molecule is CC1=C2C=C(C(=O)C(C)C)CC2(C)CCC1. The van der Waals surface area contributed by atoms with Crippen molar-refractivity contribution in [2.45, 2.75) is 53.4 Å². The molecule has 0 heterocycles. The quantitative estimate of drug-likeness (QED) is 0.683. The van der Waals surface area contributed by atoms with Crippen LogP contribution in [0.15, 0.2) is 22.8 Å². The van der Waals surface area contributed by atoms with Gasteiger partial charge in [0.2, 0.25) is 0 Å². The zero-order valence-electron chi connectivity index (χ0n) is 10.9. The first-order chi connectivity index (χ1) is 7.44. The highest BCUT2D eigenvalue weighted by Crippen LogP contribution is 2.50. The molecule has 0 N–H and O–H groups in total. The Hall–Kier alpha value is -0.850. The van der Waals surface area contributed by atoms with Crippen molar-refractivity contribution in [2.75, 3.05) is 0 Å². The fourth-order valence-electron chi connectivity index (χ4n) is 3.18. The third-order valence-electron chi connectivity index (χ3n) is 4.13. The van der Waals surface area contributed by atoms with Gasteiger partial charge in [0.1, 0.15) is 0 Å². The maximum absolute atomic E-state index is 12.0. The van der Waals surface area contributed by atoms with Gasteiger partial charge in [-0.25, -0.2) is 0 Å². The summed E-state index contributed by atoms with van der Waals surface area (Å²) < 4.78 is 0. The molecule has 0 aromatic carbocycles. The number of ketones is 1. The van der Waals surface area contributed by atoms with Crippen LogP contribution in [0.4, 0.5) is 0 Å². The van der Waals surface area contributed by atoms with Crippen LogP contribution in [-0.4, -0.2) is 5.78 Å². The molecular formula is C15H22O. The van der Waals surface area contributed by atoms with Gasteiger partial charge in [-0.3, -0.25) is 4.79 Å². The maximum atomic E-state index is 12.0. The largest absolute Gasteiger partial charge is 0.294 e. The minimum atomic E-state index is 0.135. The molecule has 1 atom stereocenters. The summed E-state index contributed by atoms with van der Waals surface area (Å²) in [6, 6.07) is 0. The summed E-state index contributed by atoms with van der Waals surface area (Å²) in [6.07, 6.45) is 6.89. The third kappa shape index (κ3) is 1.77. The van der Waals surface area contributed by atoms with E-state index in [2.05, 4.69) is 19.9 Å². The molecule has 0 radical (unpaired) electrons. The molecule has 0 aromatic heterocycles. The Balaban J connectivity index is 2.34. The van der Waals surface area contributed by atoms with E-state index in [1.54, 1.807) is 0 Å². The third-order valence-corrected chi connectivity index (χ3v) is 4.13. The van der Waals surface area contributed by atoms with Crippen molar-refractivity contribution in [1.29, 1.82) is 0 Å². The van der Waals surface area contributed by atoms with Gasteiger partial charge in [-0.05, 0) is 49.2 Å². The predicted octanol–water partition coefficient (Wildman–Crippen LogP) is 4.05. The maximum Gasteiger partial charge on any atom is 0.161 e. The molecule has 0 spiro atoms. The van der Waals surface area contributed by atoms with Crippen molar-refractivity contribution in [3.63, 3.8) is 0 Å². The van der Waals surface area contributed by atoms with Crippen LogP contribution in [-0.2, 0) is 4.79 Å². The Bertz CT molecular complexity index is 384. The lowest BCUT2D eigenvalue weighted by Crippen LogP contribution is -2.20. The minimum Gasteiger partial charge on any atom is -0.294 e. The van der Waals surface area contributed by atoms with Crippen LogP contribution in [0.25, 0.3) is 0 Å². The van der Waals surface area contributed by atoms with E-state index < -0.39 is 0 Å². The van der Waals surface area contributed by atoms with Crippen LogP contribution in [0.1, 0.15) is 53.4 Å². The topological polar surface area (TPSA) is 17.1 Å². The Labute approximate surface area is 98.6 Å². The van der Waals surface area contributed by atoms with Crippen LogP contribution >= 0.6 is 0 Å². The fourth-order valence-corrected chi connectivity index (χ4v) is 3.18. The second kappa shape index (κ2) is 3.87. The van der Waals surface area contributed by atoms with E-state index in [1.165, 1.54) is 30.4 Å². The lowest BCUT2D eigenvalue weighted by molar-refractivity contribution is -0.118. The molecular weight excluding hydrogens is 196 g/mol. The van der Waals surface area contributed by atoms with E-state index in [4.69, 9.17) is 0 Å². The number of hydrogen-bond acceptors (Lipinski definition) is 1. The summed E-state index contributed by atoms with van der Waals surface area (Å²) in [7, 11) is 0. The molecule has 1 nitrogen and oxygen atoms in total. The van der Waals surface area contributed by atoms with Crippen LogP contribution in [0.3, 0.4) is 0 Å². The van der Waals surface area contributed by atoms with Crippen molar-refractivity contribution in [2.24, 2.45) is 11.3 Å². The standard InChI is InChI=1S/C15H22O/c1-10(2)14(16)12-8-13-11(3)6-5-7-15(13,4)9-12/h8,10H,5-7,9H2,1-4H3. The van der Waals surface area contributed by atoms with Crippen molar-refractivity contribution in [3.8, 4) is 0 Å². The van der Waals surface area contributed by atoms with E-state index in [-0.39, 0.29) is 11.3 Å². The second-order valence-electron chi connectivity index (χ2n) is 5.97. The lowest BCUT2D eigenvalue weighted by Gasteiger charge is -2.32. The Kier molecular flexibility index (Phi) is 2.81. The molecule has 0 bridgehead atoms. The fraction of sp³-hybridized carbons (Fsp3) is 0.667. The molecule has 2 rings (SSSR count). The summed E-state index contributed by atoms with van der Waals surface area (Å²) in [4.78, 5) is 12.0. The van der Waals surface area contributed by atoms with Crippen molar-refractivity contribution in [1.82, 2.24) is 0 Å². The average molecular weight is 218 g/mol. The average Bonchev–Trinajstić information content (AvgIpc) is 2.56. The van der Waals surface area contributed by atoms with E-state index in [0.717, 1.165) is 12.0 Å². The summed E-state index contributed by atoms with van der Waals surface area (Å²) in [5.74, 6) is 0.479. The van der Waals surface area contributed by atoms with Crippen LogP contribution < -0.4 is 0 Å². The number of hydrogen-bond donors (Lipinski definition) is 0. The zero-order valence-corrected chi connectivity index (χ0v) is 10.9. The van der Waals surface area contributed by atoms with Gasteiger partial charge >= 0.3 is 0 Å². The highest BCUT2D eigenvalue weighted by molar-refractivity contribution is 5.98. The monoisotopic (exact) mass is 218 g/mol. The zero-order chi connectivity index (χ0) is 11.9. The van der Waals surface area contributed by atoms with Gasteiger partial charge in [0, 0.05) is 5.92 Å². The molecule has 0 aliphatic heterocycles. The van der Waals surface area contributed by atoms with Crippen LogP contribution in [0.2, 0.25) is 0 Å². The van der Waals surface area contributed by atoms with E-state index >= 15 is 0 Å². The molecule has 0 saturated heterocycles. The molecule has 0 amide bonds. The van der Waals surface area contributed by atoms with Crippen molar-refractivity contribution in [3.05, 3.63) is 22.8 Å². The molecule has 0 fully saturated rings. The summed E-state index contributed by atoms with van der Waals surface area (Å²) >= 11 is 0. The smallest absolute Gasteiger partial charge is 0.161 e. The molecule has 1 unspecified atom stereocenters. The van der Waals surface area contributed by atoms with E-state index in [0.29, 0.717) is 5.78 Å². The Morgan fingerprint density at radius 2 is 2.12 bits per heavy atom. The van der Waals surface area contributed by atoms with Crippen molar-refractivity contribution >= 4 is 5.78 Å². The van der Waals surface area contributed by atoms with Gasteiger partial charge < -0.3 is 0 Å². The molecule has 0 saturated carbocycles. The first-order valence-electron chi connectivity index (χ1n) is 6.39. The predicted molar refractivity (Wildman–Crippen MR) is 67.2 cm³/mol. The molecule has 2 aliphatic rings. The number of carbonyl (C=O) groups excluding carboxylic acids is 1. The number of carbonyl (C=O) groups is 1. The summed E-state index contributed by atoms with van der Waals surface area (Å²) in [5, 5.41) is 0. The summed E-state index contributed by atoms with van der Waals surface area (Å²) in [6.45, 7) is 8.54. The Morgan fingerprint density at radius 1 is 1.44 bits per heavy atom. The first kappa shape index (κ1) is 11.6. The van der Waals surface area contributed by atoms with Gasteiger partial charge in [0.15, 0.2) is 5.78 Å². The van der Waals surface area contributed by atoms with Crippen molar-refractivity contribution < 1.29 is 4.79 Å². The minimum absolute atomic E-state index is 0.135. The number of rotatable bonds is 2. The van der Waals surface area contributed by atoms with Gasteiger partial charge in [0.25, 0.3) is 0 Å². The highest BCUT2D eigenvalue weighted by Gasteiger charge is 2.39. The molecule has 1 heteroatoms. The van der Waals surface area contributed by atoms with Crippen LogP contribution in [0.5, 0.6) is 0 Å². The first-order valence-corrected chi connectivity index (χ1v) is 6.39. The van der Waals surface area contributed by atoms with E-state index in [9.17, 15) is 4.79 Å². The number of fused-ring (bicyclic) bond motifs is 1. The summed E-state index contributed by atoms with van der Waals surface area (Å²) in [5.41, 5.74) is 4.29. The molecule has 2 aliphatic carbocycles. The van der Waals surface area contributed by atoms with Gasteiger partial charge in [0.05, 0.1) is 0 Å². The van der Waals surface area contributed by atoms with Gasteiger partial charge in [-0.1, -0.05) is 32.4 Å². The van der Waals surface area contributed by atoms with Crippen LogP contribution in [0, 0.1) is 11.3 Å². The van der Waals surface area contributed by atoms with Gasteiger partial charge in [-0.2, -0.15) is 0 Å². The normalized spacial score (nSPS) is 29.4. The Morgan fingerprint density at radius 3 is 2.69 bits per heavy atom. The molecule has 88 valence electrons. The highest BCUT2D eigenvalue weighted by atomic mass is 16.1. The van der Waals surface area contributed by atoms with Gasteiger partial charge in [-0.15, -0.1) is 0 Å². The molecule has 0 aromatic rings. The lowest BCUT2D eigenvalue weighted by atomic mass is 9.72. The number of Topliss-reactive ketones (excluding diaryl/α,β-unsaturated/α-hetero) is 1. The second-order valence-corrected chi connectivity index (χ2v) is 5.97. The number of allylic oxidation sites excluding steroid dienone is 4. The van der Waals surface area contributed by atoms with E-state index in [1.807, 2.05) is 13.8 Å².